The zero-order chi connectivity index (χ0) is 21.9. The Morgan fingerprint density at radius 2 is 1.77 bits per heavy atom. The summed E-state index contributed by atoms with van der Waals surface area (Å²) in [6.07, 6.45) is -0.578. The van der Waals surface area contributed by atoms with Crippen LogP contribution in [0.2, 0.25) is 0 Å². The van der Waals surface area contributed by atoms with E-state index < -0.39 is 23.2 Å². The van der Waals surface area contributed by atoms with Gasteiger partial charge in [0.25, 0.3) is 0 Å². The van der Waals surface area contributed by atoms with E-state index in [-0.39, 0.29) is 13.2 Å². The summed E-state index contributed by atoms with van der Waals surface area (Å²) in [5.74, 6) is 0.155. The van der Waals surface area contributed by atoms with E-state index in [2.05, 4.69) is 0 Å². The van der Waals surface area contributed by atoms with Gasteiger partial charge in [0.2, 0.25) is 0 Å². The van der Waals surface area contributed by atoms with Gasteiger partial charge in [-0.15, -0.1) is 0 Å². The first-order chi connectivity index (χ1) is 14.2. The predicted molar refractivity (Wildman–Crippen MR) is 113 cm³/mol. The summed E-state index contributed by atoms with van der Waals surface area (Å²) >= 11 is 0. The number of esters is 1. The number of nitrogens with zero attached hydrogens (tertiary/aromatic N) is 1. The van der Waals surface area contributed by atoms with Gasteiger partial charge in [-0.25, -0.2) is 9.59 Å². The topological polar surface area (TPSA) is 65.1 Å². The lowest BCUT2D eigenvalue weighted by Crippen LogP contribution is -2.50. The van der Waals surface area contributed by atoms with E-state index in [1.54, 1.807) is 27.7 Å². The molecule has 160 valence electrons. The van der Waals surface area contributed by atoms with Crippen molar-refractivity contribution in [2.75, 3.05) is 6.61 Å². The normalized spacial score (nSPS) is 18.0. The molecule has 1 unspecified atom stereocenters. The van der Waals surface area contributed by atoms with Gasteiger partial charge in [0.1, 0.15) is 18.0 Å². The minimum atomic E-state index is -1.32. The lowest BCUT2D eigenvalue weighted by Gasteiger charge is -2.35. The van der Waals surface area contributed by atoms with Crippen LogP contribution in [0.5, 0.6) is 5.75 Å². The zero-order valence-electron chi connectivity index (χ0n) is 18.2. The summed E-state index contributed by atoms with van der Waals surface area (Å²) in [7, 11) is 0. The molecule has 2 aromatic rings. The molecule has 0 saturated heterocycles. The van der Waals surface area contributed by atoms with Crippen LogP contribution in [-0.4, -0.2) is 29.2 Å². The molecule has 0 bridgehead atoms. The summed E-state index contributed by atoms with van der Waals surface area (Å²) < 4.78 is 17.0. The second-order valence-corrected chi connectivity index (χ2v) is 8.42. The number of carbonyl (C=O) groups is 2. The van der Waals surface area contributed by atoms with Crippen molar-refractivity contribution < 1.29 is 23.8 Å². The third kappa shape index (κ3) is 4.27. The minimum absolute atomic E-state index is 0.120. The molecule has 0 fully saturated rings. The van der Waals surface area contributed by atoms with Crippen molar-refractivity contribution in [3.8, 4) is 5.75 Å². The molecule has 0 aliphatic carbocycles. The Bertz CT molecular complexity index is 919. The summed E-state index contributed by atoms with van der Waals surface area (Å²) in [6.45, 7) is 9.82. The molecule has 6 heteroatoms. The minimum Gasteiger partial charge on any atom is -0.494 e. The van der Waals surface area contributed by atoms with Gasteiger partial charge in [0.15, 0.2) is 5.54 Å². The van der Waals surface area contributed by atoms with Crippen LogP contribution in [0.1, 0.15) is 51.3 Å². The van der Waals surface area contributed by atoms with Crippen molar-refractivity contribution in [2.24, 2.45) is 0 Å². The summed E-state index contributed by atoms with van der Waals surface area (Å²) in [5, 5.41) is 0. The molecule has 2 aromatic carbocycles. The fourth-order valence-corrected chi connectivity index (χ4v) is 3.58. The maximum atomic E-state index is 13.3. The molecule has 1 aliphatic rings. The van der Waals surface area contributed by atoms with Crippen LogP contribution in [0.15, 0.2) is 48.5 Å². The maximum absolute atomic E-state index is 13.3. The summed E-state index contributed by atoms with van der Waals surface area (Å²) in [4.78, 5) is 27.8. The fraction of sp³-hybridized carbons (Fsp3) is 0.417. The molecule has 1 atom stereocenters. The Balaban J connectivity index is 1.95. The van der Waals surface area contributed by atoms with Crippen LogP contribution in [0.3, 0.4) is 0 Å². The first-order valence-corrected chi connectivity index (χ1v) is 10.1. The van der Waals surface area contributed by atoms with E-state index in [1.165, 1.54) is 4.90 Å². The summed E-state index contributed by atoms with van der Waals surface area (Å²) in [5.41, 5.74) is 0.351. The monoisotopic (exact) mass is 411 g/mol. The molecule has 0 aromatic heterocycles. The highest BCUT2D eigenvalue weighted by molar-refractivity contribution is 5.89. The van der Waals surface area contributed by atoms with Gasteiger partial charge in [-0.05, 0) is 51.8 Å². The van der Waals surface area contributed by atoms with Gasteiger partial charge in [0.05, 0.1) is 13.2 Å². The number of hydrogen-bond acceptors (Lipinski definition) is 5. The predicted octanol–water partition coefficient (Wildman–Crippen LogP) is 4.79. The Hall–Kier alpha value is -3.02. The average molecular weight is 411 g/mol. The van der Waals surface area contributed by atoms with E-state index in [0.717, 1.165) is 11.1 Å². The van der Waals surface area contributed by atoms with E-state index in [9.17, 15) is 9.59 Å². The molecule has 0 saturated carbocycles. The highest BCUT2D eigenvalue weighted by Gasteiger charge is 2.53. The molecule has 3 rings (SSSR count). The van der Waals surface area contributed by atoms with Crippen molar-refractivity contribution in [1.29, 1.82) is 0 Å². The van der Waals surface area contributed by atoms with E-state index in [4.69, 9.17) is 14.2 Å². The lowest BCUT2D eigenvalue weighted by molar-refractivity contribution is -0.168. The van der Waals surface area contributed by atoms with Gasteiger partial charge in [-0.3, -0.25) is 4.90 Å². The van der Waals surface area contributed by atoms with Crippen LogP contribution in [0.25, 0.3) is 0 Å². The maximum Gasteiger partial charge on any atom is 0.411 e. The zero-order valence-corrected chi connectivity index (χ0v) is 18.2. The number of rotatable bonds is 5. The van der Waals surface area contributed by atoms with Crippen molar-refractivity contribution >= 4 is 12.1 Å². The van der Waals surface area contributed by atoms with Crippen molar-refractivity contribution in [3.63, 3.8) is 0 Å². The molecule has 0 spiro atoms. The SMILES string of the molecule is CCOc1cccc2c1CN(C(=O)OCc1ccccc1)C2(C)C(=O)OC(C)(C)C. The first kappa shape index (κ1) is 21.7. The van der Waals surface area contributed by atoms with Gasteiger partial charge < -0.3 is 14.2 Å². The van der Waals surface area contributed by atoms with E-state index in [0.29, 0.717) is 17.9 Å². The van der Waals surface area contributed by atoms with Gasteiger partial charge >= 0.3 is 12.1 Å². The van der Waals surface area contributed by atoms with Crippen molar-refractivity contribution in [3.05, 3.63) is 65.2 Å². The Morgan fingerprint density at radius 1 is 1.07 bits per heavy atom. The third-order valence-electron chi connectivity index (χ3n) is 5.04. The number of fused-ring (bicyclic) bond motifs is 1. The van der Waals surface area contributed by atoms with Gasteiger partial charge in [0, 0.05) is 5.56 Å². The molecule has 30 heavy (non-hydrogen) atoms. The van der Waals surface area contributed by atoms with Crippen LogP contribution in [0, 0.1) is 0 Å². The van der Waals surface area contributed by atoms with Crippen molar-refractivity contribution in [1.82, 2.24) is 4.90 Å². The highest BCUT2D eigenvalue weighted by atomic mass is 16.6. The molecule has 1 aliphatic heterocycles. The Morgan fingerprint density at radius 3 is 2.40 bits per heavy atom. The van der Waals surface area contributed by atoms with Crippen LogP contribution in [-0.2, 0) is 33.0 Å². The molecule has 0 radical (unpaired) electrons. The number of benzene rings is 2. The molecule has 0 N–H and O–H groups in total. The van der Waals surface area contributed by atoms with Crippen LogP contribution >= 0.6 is 0 Å². The molecule has 6 nitrogen and oxygen atoms in total. The number of hydrogen-bond donors (Lipinski definition) is 0. The molecule has 1 heterocycles. The number of amides is 1. The quantitative estimate of drug-likeness (QED) is 0.662. The molecular formula is C24H29NO5. The third-order valence-corrected chi connectivity index (χ3v) is 5.04. The van der Waals surface area contributed by atoms with Gasteiger partial charge in [-0.1, -0.05) is 42.5 Å². The fourth-order valence-electron chi connectivity index (χ4n) is 3.58. The standard InChI is InChI=1S/C24H29NO5/c1-6-28-20-14-10-13-19-18(20)15-25(24(19,5)21(26)30-23(2,3)4)22(27)29-16-17-11-8-7-9-12-17/h7-14H,6,15-16H2,1-5H3. The average Bonchev–Trinajstić information content (AvgIpc) is 3.01. The van der Waals surface area contributed by atoms with Crippen LogP contribution < -0.4 is 4.74 Å². The Labute approximate surface area is 177 Å². The second kappa shape index (κ2) is 8.38. The van der Waals surface area contributed by atoms with E-state index >= 15 is 0 Å². The molecule has 1 amide bonds. The first-order valence-electron chi connectivity index (χ1n) is 10.1. The largest absolute Gasteiger partial charge is 0.494 e. The highest BCUT2D eigenvalue weighted by Crippen LogP contribution is 2.44. The van der Waals surface area contributed by atoms with Crippen LogP contribution in [0.4, 0.5) is 4.79 Å². The number of ether oxygens (including phenoxy) is 3. The lowest BCUT2D eigenvalue weighted by atomic mass is 9.91. The summed E-state index contributed by atoms with van der Waals surface area (Å²) in [6, 6.07) is 14.9. The van der Waals surface area contributed by atoms with E-state index in [1.807, 2.05) is 55.5 Å². The number of carbonyl (C=O) groups excluding carboxylic acids is 2. The van der Waals surface area contributed by atoms with Gasteiger partial charge in [-0.2, -0.15) is 0 Å². The second-order valence-electron chi connectivity index (χ2n) is 8.42. The van der Waals surface area contributed by atoms with Crippen molar-refractivity contribution in [2.45, 2.75) is 58.9 Å². The smallest absolute Gasteiger partial charge is 0.411 e. The Kier molecular flexibility index (Phi) is 6.06. The molecular weight excluding hydrogens is 382 g/mol.